The molecular formula is C21H26BrNO2. The molecular weight excluding hydrogens is 378 g/mol. The molecule has 1 saturated carbocycles. The molecule has 25 heavy (non-hydrogen) atoms. The zero-order valence-corrected chi connectivity index (χ0v) is 17.2. The topological polar surface area (TPSA) is 38.7 Å². The van der Waals surface area contributed by atoms with Crippen molar-refractivity contribution in [1.29, 1.82) is 0 Å². The summed E-state index contributed by atoms with van der Waals surface area (Å²) in [5.41, 5.74) is 4.08. The Morgan fingerprint density at radius 2 is 2.12 bits per heavy atom. The van der Waals surface area contributed by atoms with Crippen molar-refractivity contribution in [2.75, 3.05) is 0 Å². The Labute approximate surface area is 158 Å². The highest BCUT2D eigenvalue weighted by Crippen LogP contribution is 2.60. The monoisotopic (exact) mass is 403 g/mol. The number of ether oxygens (including phenoxy) is 1. The molecule has 0 bridgehead atoms. The first kappa shape index (κ1) is 17.3. The number of hydrogen-bond donors (Lipinski definition) is 0. The van der Waals surface area contributed by atoms with E-state index < -0.39 is 0 Å². The lowest BCUT2D eigenvalue weighted by molar-refractivity contribution is -0.115. The summed E-state index contributed by atoms with van der Waals surface area (Å²) >= 11 is 3.69. The van der Waals surface area contributed by atoms with Crippen molar-refractivity contribution >= 4 is 27.4 Å². The van der Waals surface area contributed by atoms with Crippen molar-refractivity contribution in [3.63, 3.8) is 0 Å². The minimum absolute atomic E-state index is 0.0170. The average molecular weight is 404 g/mol. The SMILES string of the molecule is Cc1cc2c3c(c1Br)O[C@H](C)N=C3C(=O)C[C@]1(C)CC[C@H](C(C)C)[C@H]21. The smallest absolute Gasteiger partial charge is 0.187 e. The Balaban J connectivity index is 2.04. The van der Waals surface area contributed by atoms with Gasteiger partial charge in [-0.1, -0.05) is 26.8 Å². The molecule has 1 heterocycles. The zero-order chi connectivity index (χ0) is 18.1. The summed E-state index contributed by atoms with van der Waals surface area (Å²) in [5.74, 6) is 2.59. The summed E-state index contributed by atoms with van der Waals surface area (Å²) in [6.07, 6.45) is 2.58. The average Bonchev–Trinajstić information content (AvgIpc) is 2.83. The Kier molecular flexibility index (Phi) is 3.91. The summed E-state index contributed by atoms with van der Waals surface area (Å²) in [4.78, 5) is 17.8. The first-order valence-corrected chi connectivity index (χ1v) is 10.1. The van der Waals surface area contributed by atoms with Gasteiger partial charge in [0.1, 0.15) is 11.5 Å². The number of Topliss-reactive ketones (excluding diaryl/α,β-unsaturated/α-hetero) is 1. The standard InChI is InChI=1S/C21H26BrNO2/c1-10(2)13-6-7-21(5)9-15(24)19-16-14(17(13)21)8-11(3)18(22)20(16)25-12(4)23-19/h8,10,12-13,17H,6-7,9H2,1-5H3/t12-,13-,17-,21+/m1/s1. The third kappa shape index (κ3) is 2.43. The molecule has 0 amide bonds. The molecule has 4 heteroatoms. The van der Waals surface area contributed by atoms with Gasteiger partial charge in [-0.3, -0.25) is 4.79 Å². The van der Waals surface area contributed by atoms with Gasteiger partial charge >= 0.3 is 0 Å². The summed E-state index contributed by atoms with van der Waals surface area (Å²) in [5, 5.41) is 0. The van der Waals surface area contributed by atoms with Crippen molar-refractivity contribution in [1.82, 2.24) is 0 Å². The van der Waals surface area contributed by atoms with E-state index in [1.54, 1.807) is 0 Å². The number of ketones is 1. The van der Waals surface area contributed by atoms with Crippen LogP contribution in [0.2, 0.25) is 0 Å². The fourth-order valence-electron chi connectivity index (χ4n) is 5.35. The van der Waals surface area contributed by atoms with Crippen LogP contribution in [0.15, 0.2) is 15.5 Å². The molecule has 0 unspecified atom stereocenters. The van der Waals surface area contributed by atoms with Gasteiger partial charge in [0.15, 0.2) is 12.0 Å². The largest absolute Gasteiger partial charge is 0.467 e. The number of carbonyl (C=O) groups is 1. The van der Waals surface area contributed by atoms with Gasteiger partial charge in [-0.2, -0.15) is 0 Å². The predicted octanol–water partition coefficient (Wildman–Crippen LogP) is 5.41. The van der Waals surface area contributed by atoms with Crippen LogP contribution >= 0.6 is 15.9 Å². The molecule has 0 saturated heterocycles. The number of halogens is 1. The number of rotatable bonds is 1. The fourth-order valence-corrected chi connectivity index (χ4v) is 5.76. The number of benzene rings is 1. The van der Waals surface area contributed by atoms with Gasteiger partial charge in [0.05, 0.1) is 10.0 Å². The molecule has 0 N–H and O–H groups in total. The van der Waals surface area contributed by atoms with E-state index in [9.17, 15) is 4.79 Å². The Bertz CT molecular complexity index is 798. The number of aryl methyl sites for hydroxylation is 1. The second-order valence-electron chi connectivity index (χ2n) is 8.67. The summed E-state index contributed by atoms with van der Waals surface area (Å²) in [7, 11) is 0. The van der Waals surface area contributed by atoms with Gasteiger partial charge < -0.3 is 4.74 Å². The van der Waals surface area contributed by atoms with E-state index in [-0.39, 0.29) is 17.4 Å². The molecule has 3 nitrogen and oxygen atoms in total. The van der Waals surface area contributed by atoms with E-state index >= 15 is 0 Å². The van der Waals surface area contributed by atoms with Gasteiger partial charge in [0.2, 0.25) is 0 Å². The van der Waals surface area contributed by atoms with Gasteiger partial charge in [-0.15, -0.1) is 0 Å². The fraction of sp³-hybridized carbons (Fsp3) is 0.619. The van der Waals surface area contributed by atoms with Gasteiger partial charge in [0.25, 0.3) is 0 Å². The summed E-state index contributed by atoms with van der Waals surface area (Å²) in [6, 6.07) is 2.28. The van der Waals surface area contributed by atoms with Crippen LogP contribution < -0.4 is 4.74 Å². The summed E-state index contributed by atoms with van der Waals surface area (Å²) in [6.45, 7) is 11.0. The Hall–Kier alpha value is -1.16. The molecule has 1 aromatic rings. The third-order valence-electron chi connectivity index (χ3n) is 6.52. The number of aliphatic imine (C=N–C) groups is 1. The van der Waals surface area contributed by atoms with Crippen LogP contribution in [-0.2, 0) is 4.79 Å². The quantitative estimate of drug-likeness (QED) is 0.628. The highest BCUT2D eigenvalue weighted by atomic mass is 79.9. The van der Waals surface area contributed by atoms with Crippen LogP contribution in [0.25, 0.3) is 0 Å². The van der Waals surface area contributed by atoms with Crippen molar-refractivity contribution < 1.29 is 9.53 Å². The molecule has 3 aliphatic rings. The molecule has 134 valence electrons. The Morgan fingerprint density at radius 1 is 1.40 bits per heavy atom. The number of fused-ring (bicyclic) bond motifs is 2. The maximum Gasteiger partial charge on any atom is 0.187 e. The molecule has 2 aliphatic carbocycles. The molecule has 1 aliphatic heterocycles. The highest BCUT2D eigenvalue weighted by molar-refractivity contribution is 9.10. The maximum absolute atomic E-state index is 13.2. The third-order valence-corrected chi connectivity index (χ3v) is 7.50. The van der Waals surface area contributed by atoms with E-state index in [0.29, 0.717) is 29.9 Å². The highest BCUT2D eigenvalue weighted by Gasteiger charge is 2.52. The predicted molar refractivity (Wildman–Crippen MR) is 104 cm³/mol. The van der Waals surface area contributed by atoms with Crippen molar-refractivity contribution in [3.8, 4) is 5.75 Å². The lowest BCUT2D eigenvalue weighted by atomic mass is 9.69. The first-order chi connectivity index (χ1) is 11.7. The second kappa shape index (κ2) is 5.67. The lowest BCUT2D eigenvalue weighted by Gasteiger charge is -2.35. The second-order valence-corrected chi connectivity index (χ2v) is 9.47. The van der Waals surface area contributed by atoms with Crippen LogP contribution in [-0.4, -0.2) is 17.7 Å². The van der Waals surface area contributed by atoms with Crippen LogP contribution in [0.4, 0.5) is 0 Å². The van der Waals surface area contributed by atoms with E-state index in [1.165, 1.54) is 17.5 Å². The van der Waals surface area contributed by atoms with E-state index in [2.05, 4.69) is 54.7 Å². The number of carbonyl (C=O) groups excluding carboxylic acids is 1. The Morgan fingerprint density at radius 3 is 2.80 bits per heavy atom. The van der Waals surface area contributed by atoms with Gasteiger partial charge in [-0.05, 0) is 76.9 Å². The minimum atomic E-state index is -0.316. The van der Waals surface area contributed by atoms with Gasteiger partial charge in [0, 0.05) is 6.42 Å². The van der Waals surface area contributed by atoms with E-state index in [1.807, 2.05) is 6.92 Å². The molecule has 0 radical (unpaired) electrons. The molecule has 1 fully saturated rings. The molecule has 0 spiro atoms. The molecule has 4 rings (SSSR count). The van der Waals surface area contributed by atoms with Crippen LogP contribution in [0, 0.1) is 24.2 Å². The molecule has 0 aromatic heterocycles. The normalized spacial score (nSPS) is 33.5. The van der Waals surface area contributed by atoms with Crippen LogP contribution in [0.3, 0.4) is 0 Å². The minimum Gasteiger partial charge on any atom is -0.467 e. The van der Waals surface area contributed by atoms with Crippen LogP contribution in [0.5, 0.6) is 5.75 Å². The van der Waals surface area contributed by atoms with E-state index in [4.69, 9.17) is 4.74 Å². The van der Waals surface area contributed by atoms with Crippen LogP contribution in [0.1, 0.15) is 69.6 Å². The molecule has 4 atom stereocenters. The number of nitrogens with zero attached hydrogens (tertiary/aromatic N) is 1. The zero-order valence-electron chi connectivity index (χ0n) is 15.6. The lowest BCUT2D eigenvalue weighted by Crippen LogP contribution is -2.28. The maximum atomic E-state index is 13.2. The van der Waals surface area contributed by atoms with Crippen molar-refractivity contribution in [3.05, 3.63) is 27.2 Å². The van der Waals surface area contributed by atoms with E-state index in [0.717, 1.165) is 22.2 Å². The van der Waals surface area contributed by atoms with Gasteiger partial charge in [-0.25, -0.2) is 4.99 Å². The van der Waals surface area contributed by atoms with Crippen molar-refractivity contribution in [2.45, 2.75) is 66.0 Å². The molecule has 1 aromatic carbocycles. The summed E-state index contributed by atoms with van der Waals surface area (Å²) < 4.78 is 7.04. The van der Waals surface area contributed by atoms with Crippen molar-refractivity contribution in [2.24, 2.45) is 22.2 Å². The number of hydrogen-bond acceptors (Lipinski definition) is 3. The first-order valence-electron chi connectivity index (χ1n) is 9.34.